The van der Waals surface area contributed by atoms with Crippen LogP contribution < -0.4 is 5.32 Å². The molecule has 6 nitrogen and oxygen atoms in total. The van der Waals surface area contributed by atoms with E-state index in [0.717, 1.165) is 34.7 Å². The van der Waals surface area contributed by atoms with E-state index in [0.29, 0.717) is 28.6 Å². The van der Waals surface area contributed by atoms with E-state index in [4.69, 9.17) is 27.6 Å². The van der Waals surface area contributed by atoms with Gasteiger partial charge in [0.1, 0.15) is 10.5 Å². The number of hydrogen-bond acceptors (Lipinski definition) is 6. The maximum absolute atomic E-state index is 12.8. The highest BCUT2D eigenvalue weighted by Crippen LogP contribution is 2.68. The van der Waals surface area contributed by atoms with Gasteiger partial charge in [-0.2, -0.15) is 0 Å². The van der Waals surface area contributed by atoms with Crippen LogP contribution in [-0.2, 0) is 20.0 Å². The lowest BCUT2D eigenvalue weighted by Crippen LogP contribution is -2.76. The van der Waals surface area contributed by atoms with E-state index in [-0.39, 0.29) is 22.6 Å². The zero-order chi connectivity index (χ0) is 23.2. The molecule has 3 aromatic rings. The Kier molecular flexibility index (Phi) is 4.49. The molecule has 33 heavy (non-hydrogen) atoms. The normalized spacial score (nSPS) is 26.9. The number of furan rings is 1. The van der Waals surface area contributed by atoms with Gasteiger partial charge >= 0.3 is 0 Å². The van der Waals surface area contributed by atoms with Crippen LogP contribution in [0.5, 0.6) is 0 Å². The molecule has 172 valence electrons. The number of carbonyl (C=O) groups is 1. The van der Waals surface area contributed by atoms with Gasteiger partial charge in [0.25, 0.3) is 5.91 Å². The highest BCUT2D eigenvalue weighted by Gasteiger charge is 2.70. The van der Waals surface area contributed by atoms with Crippen LogP contribution in [0, 0.1) is 0 Å². The van der Waals surface area contributed by atoms with Crippen molar-refractivity contribution in [3.05, 3.63) is 63.1 Å². The minimum atomic E-state index is -3.28. The molecule has 0 atom stereocenters. The molecule has 0 saturated heterocycles. The molecule has 7 rings (SSSR count). The van der Waals surface area contributed by atoms with Crippen molar-refractivity contribution in [1.82, 2.24) is 10.3 Å². The van der Waals surface area contributed by atoms with Crippen LogP contribution in [0.2, 0.25) is 10.0 Å². The predicted octanol–water partition coefficient (Wildman–Crippen LogP) is 5.35. The molecule has 0 spiro atoms. The molecule has 0 aliphatic heterocycles. The van der Waals surface area contributed by atoms with Crippen LogP contribution in [-0.4, -0.2) is 31.1 Å². The van der Waals surface area contributed by atoms with Gasteiger partial charge in [-0.1, -0.05) is 29.3 Å². The zero-order valence-electron chi connectivity index (χ0n) is 17.7. The van der Waals surface area contributed by atoms with Crippen molar-refractivity contribution in [2.75, 3.05) is 6.26 Å². The Morgan fingerprint density at radius 2 is 1.85 bits per heavy atom. The van der Waals surface area contributed by atoms with Crippen LogP contribution in [0.1, 0.15) is 53.4 Å². The standard InChI is InChI=1S/C23H20Cl2N2O4S2/c1-33(29,30)23(6-7-23)18-5-4-16(31-18)19(28)27-22-10-21(11-22,12-22)20-26-9-17(32-20)13-2-3-14(24)15(25)8-13/h2-5,8-9H,6-7,10-12H2,1H3,(H,27,28). The second kappa shape index (κ2) is 6.84. The number of nitrogens with zero attached hydrogens (tertiary/aromatic N) is 1. The summed E-state index contributed by atoms with van der Waals surface area (Å²) in [5.74, 6) is 0.228. The van der Waals surface area contributed by atoms with Crippen LogP contribution in [0.4, 0.5) is 0 Å². The number of nitrogens with one attached hydrogen (secondary N) is 1. The SMILES string of the molecule is CS(=O)(=O)C1(c2ccc(C(=O)NC34CC(c5ncc(-c6ccc(Cl)c(Cl)c6)s5)(C3)C4)o2)CC1. The van der Waals surface area contributed by atoms with Crippen LogP contribution >= 0.6 is 34.5 Å². The van der Waals surface area contributed by atoms with Crippen molar-refractivity contribution in [3.8, 4) is 10.4 Å². The number of aromatic nitrogens is 1. The average Bonchev–Trinajstić information content (AvgIpc) is 3.16. The van der Waals surface area contributed by atoms with Crippen molar-refractivity contribution in [2.24, 2.45) is 0 Å². The van der Waals surface area contributed by atoms with Crippen molar-refractivity contribution < 1.29 is 17.6 Å². The van der Waals surface area contributed by atoms with Crippen molar-refractivity contribution in [2.45, 2.75) is 47.8 Å². The van der Waals surface area contributed by atoms with E-state index in [1.807, 2.05) is 18.3 Å². The molecule has 4 fully saturated rings. The number of halogens is 2. The summed E-state index contributed by atoms with van der Waals surface area (Å²) in [5, 5.41) is 5.22. The topological polar surface area (TPSA) is 89.3 Å². The van der Waals surface area contributed by atoms with E-state index >= 15 is 0 Å². The van der Waals surface area contributed by atoms with Crippen LogP contribution in [0.3, 0.4) is 0 Å². The van der Waals surface area contributed by atoms with Gasteiger partial charge in [0.2, 0.25) is 0 Å². The summed E-state index contributed by atoms with van der Waals surface area (Å²) in [6.07, 6.45) is 6.65. The molecule has 0 radical (unpaired) electrons. The third-order valence-electron chi connectivity index (χ3n) is 7.27. The quantitative estimate of drug-likeness (QED) is 0.471. The summed E-state index contributed by atoms with van der Waals surface area (Å²) in [6.45, 7) is 0. The molecule has 4 aliphatic rings. The highest BCUT2D eigenvalue weighted by atomic mass is 35.5. The summed E-state index contributed by atoms with van der Waals surface area (Å²) in [4.78, 5) is 18.5. The zero-order valence-corrected chi connectivity index (χ0v) is 20.8. The Labute approximate surface area is 205 Å². The van der Waals surface area contributed by atoms with Crippen LogP contribution in [0.15, 0.2) is 40.9 Å². The van der Waals surface area contributed by atoms with Gasteiger partial charge in [0.15, 0.2) is 15.6 Å². The molecule has 0 unspecified atom stereocenters. The molecular weight excluding hydrogens is 503 g/mol. The number of thiazole rings is 1. The molecule has 2 heterocycles. The minimum Gasteiger partial charge on any atom is -0.454 e. The maximum Gasteiger partial charge on any atom is 0.287 e. The summed E-state index contributed by atoms with van der Waals surface area (Å²) in [7, 11) is -3.28. The predicted molar refractivity (Wildman–Crippen MR) is 128 cm³/mol. The second-order valence-electron chi connectivity index (χ2n) is 9.63. The number of benzene rings is 1. The van der Waals surface area contributed by atoms with Crippen molar-refractivity contribution in [3.63, 3.8) is 0 Å². The Balaban J connectivity index is 1.12. The number of rotatable bonds is 6. The molecule has 2 aromatic heterocycles. The molecular formula is C23H20Cl2N2O4S2. The van der Waals surface area contributed by atoms with Gasteiger partial charge < -0.3 is 9.73 Å². The largest absolute Gasteiger partial charge is 0.454 e. The number of sulfone groups is 1. The molecule has 1 N–H and O–H groups in total. The number of hydrogen-bond donors (Lipinski definition) is 1. The fourth-order valence-corrected chi connectivity index (χ4v) is 8.08. The monoisotopic (exact) mass is 522 g/mol. The Bertz CT molecular complexity index is 1400. The molecule has 4 aliphatic carbocycles. The first-order valence-corrected chi connectivity index (χ1v) is 14.1. The smallest absolute Gasteiger partial charge is 0.287 e. The Morgan fingerprint density at radius 1 is 1.12 bits per heavy atom. The van der Waals surface area contributed by atoms with E-state index < -0.39 is 14.6 Å². The first-order chi connectivity index (χ1) is 15.5. The average molecular weight is 523 g/mol. The first kappa shape index (κ1) is 21.6. The molecule has 4 saturated carbocycles. The lowest BCUT2D eigenvalue weighted by molar-refractivity contribution is -0.0812. The van der Waals surface area contributed by atoms with Crippen molar-refractivity contribution in [1.29, 1.82) is 0 Å². The van der Waals surface area contributed by atoms with Gasteiger partial charge in [0, 0.05) is 23.4 Å². The van der Waals surface area contributed by atoms with Gasteiger partial charge in [-0.3, -0.25) is 4.79 Å². The molecule has 1 aromatic carbocycles. The summed E-state index contributed by atoms with van der Waals surface area (Å²) < 4.78 is 28.9. The number of carbonyl (C=O) groups excluding carboxylic acids is 1. The van der Waals surface area contributed by atoms with E-state index in [1.165, 1.54) is 6.26 Å². The third-order valence-corrected chi connectivity index (χ3v) is 11.3. The molecule has 10 heteroatoms. The number of amides is 1. The second-order valence-corrected chi connectivity index (χ2v) is 13.8. The van der Waals surface area contributed by atoms with Gasteiger partial charge in [-0.05, 0) is 61.9 Å². The maximum atomic E-state index is 12.8. The van der Waals surface area contributed by atoms with E-state index in [2.05, 4.69) is 10.3 Å². The van der Waals surface area contributed by atoms with Gasteiger partial charge in [0.05, 0.1) is 19.9 Å². The fourth-order valence-electron chi connectivity index (χ4n) is 5.37. The Hall–Kier alpha value is -1.87. The molecule has 2 bridgehead atoms. The summed E-state index contributed by atoms with van der Waals surface area (Å²) in [6, 6.07) is 8.75. The van der Waals surface area contributed by atoms with Crippen molar-refractivity contribution >= 4 is 50.3 Å². The summed E-state index contributed by atoms with van der Waals surface area (Å²) >= 11 is 13.8. The lowest BCUT2D eigenvalue weighted by atomic mass is 9.39. The lowest BCUT2D eigenvalue weighted by Gasteiger charge is -2.69. The van der Waals surface area contributed by atoms with Crippen LogP contribution in [0.25, 0.3) is 10.4 Å². The minimum absolute atomic E-state index is 0.00903. The van der Waals surface area contributed by atoms with Gasteiger partial charge in [-0.15, -0.1) is 11.3 Å². The first-order valence-electron chi connectivity index (χ1n) is 10.6. The summed E-state index contributed by atoms with van der Waals surface area (Å²) in [5.41, 5.74) is 0.752. The van der Waals surface area contributed by atoms with E-state index in [1.54, 1.807) is 29.5 Å². The fraction of sp³-hybridized carbons (Fsp3) is 0.391. The Morgan fingerprint density at radius 3 is 2.48 bits per heavy atom. The van der Waals surface area contributed by atoms with E-state index in [9.17, 15) is 13.2 Å². The molecule has 1 amide bonds. The third kappa shape index (κ3) is 3.21. The highest BCUT2D eigenvalue weighted by molar-refractivity contribution is 7.91. The van der Waals surface area contributed by atoms with Gasteiger partial charge in [-0.25, -0.2) is 13.4 Å².